The Morgan fingerprint density at radius 1 is 1.15 bits per heavy atom. The molecular formula is C12H28NO6S+. The molecule has 0 aromatic heterocycles. The van der Waals surface area contributed by atoms with E-state index in [0.717, 1.165) is 12.8 Å². The SMILES string of the molecule is CCCCOCC(O)C[N+](C)(C)CC(O)CS(=O)(=O)O. The maximum Gasteiger partial charge on any atom is 0.267 e. The average Bonchev–Trinajstić information content (AvgIpc) is 2.19. The second-order valence-electron chi connectivity index (χ2n) is 5.79. The molecule has 2 atom stereocenters. The highest BCUT2D eigenvalue weighted by Crippen LogP contribution is 2.05. The van der Waals surface area contributed by atoms with Gasteiger partial charge in [-0.2, -0.15) is 8.42 Å². The van der Waals surface area contributed by atoms with Gasteiger partial charge in [-0.1, -0.05) is 13.3 Å². The number of quaternary nitrogens is 1. The first-order valence-corrected chi connectivity index (χ1v) is 8.37. The summed E-state index contributed by atoms with van der Waals surface area (Å²) < 4.78 is 35.6. The molecule has 122 valence electrons. The molecule has 0 amide bonds. The summed E-state index contributed by atoms with van der Waals surface area (Å²) in [6.07, 6.45) is 0.116. The van der Waals surface area contributed by atoms with Gasteiger partial charge < -0.3 is 19.4 Å². The summed E-state index contributed by atoms with van der Waals surface area (Å²) in [6.45, 7) is 3.32. The molecule has 0 radical (unpaired) electrons. The van der Waals surface area contributed by atoms with Crippen molar-refractivity contribution in [2.45, 2.75) is 32.0 Å². The Hall–Kier alpha value is -0.250. The molecule has 0 aliphatic heterocycles. The third kappa shape index (κ3) is 11.6. The van der Waals surface area contributed by atoms with Gasteiger partial charge in [0.2, 0.25) is 0 Å². The first-order chi connectivity index (χ1) is 9.06. The van der Waals surface area contributed by atoms with Gasteiger partial charge in [-0.15, -0.1) is 0 Å². The zero-order valence-electron chi connectivity index (χ0n) is 12.5. The van der Waals surface area contributed by atoms with Crippen LogP contribution in [-0.4, -0.2) is 86.0 Å². The summed E-state index contributed by atoms with van der Waals surface area (Å²) in [4.78, 5) is 0. The molecular weight excluding hydrogens is 286 g/mol. The molecule has 0 aliphatic carbocycles. The van der Waals surface area contributed by atoms with Gasteiger partial charge in [-0.3, -0.25) is 4.55 Å². The third-order valence-electron chi connectivity index (χ3n) is 2.77. The molecule has 2 unspecified atom stereocenters. The van der Waals surface area contributed by atoms with Crippen LogP contribution in [0.5, 0.6) is 0 Å². The fourth-order valence-corrected chi connectivity index (χ4v) is 2.62. The maximum atomic E-state index is 10.7. The number of hydrogen-bond donors (Lipinski definition) is 3. The highest BCUT2D eigenvalue weighted by atomic mass is 32.2. The standard InChI is InChI=1S/C12H27NO6S/c1-4-5-6-19-9-11(14)7-13(2,3)8-12(15)10-20(16,17)18/h11-12,14-15H,4-10H2,1-3H3/p+1. The molecule has 3 N–H and O–H groups in total. The van der Waals surface area contributed by atoms with Crippen LogP contribution in [0.4, 0.5) is 0 Å². The van der Waals surface area contributed by atoms with Crippen LogP contribution < -0.4 is 0 Å². The van der Waals surface area contributed by atoms with Gasteiger partial charge in [0.15, 0.2) is 0 Å². The summed E-state index contributed by atoms with van der Waals surface area (Å²) in [5.41, 5.74) is 0. The number of ether oxygens (including phenoxy) is 1. The molecule has 0 fully saturated rings. The largest absolute Gasteiger partial charge is 0.386 e. The van der Waals surface area contributed by atoms with Crippen LogP contribution >= 0.6 is 0 Å². The monoisotopic (exact) mass is 314 g/mol. The number of aliphatic hydroxyl groups is 2. The summed E-state index contributed by atoms with van der Waals surface area (Å²) >= 11 is 0. The average molecular weight is 314 g/mol. The van der Waals surface area contributed by atoms with Gasteiger partial charge in [0.1, 0.15) is 31.1 Å². The maximum absolute atomic E-state index is 10.7. The van der Waals surface area contributed by atoms with Crippen LogP contribution in [0.15, 0.2) is 0 Å². The van der Waals surface area contributed by atoms with E-state index < -0.39 is 28.1 Å². The van der Waals surface area contributed by atoms with E-state index in [1.807, 2.05) is 0 Å². The predicted molar refractivity (Wildman–Crippen MR) is 76.0 cm³/mol. The van der Waals surface area contributed by atoms with E-state index in [9.17, 15) is 18.6 Å². The van der Waals surface area contributed by atoms with Crippen molar-refractivity contribution in [1.29, 1.82) is 0 Å². The Morgan fingerprint density at radius 3 is 2.20 bits per heavy atom. The molecule has 0 heterocycles. The molecule has 0 aliphatic rings. The van der Waals surface area contributed by atoms with Crippen LogP contribution in [-0.2, 0) is 14.9 Å². The fourth-order valence-electron chi connectivity index (χ4n) is 2.03. The van der Waals surface area contributed by atoms with E-state index in [1.165, 1.54) is 0 Å². The predicted octanol–water partition coefficient (Wildman–Crippen LogP) is -0.511. The second kappa shape index (κ2) is 8.91. The Morgan fingerprint density at radius 2 is 1.70 bits per heavy atom. The molecule has 0 saturated heterocycles. The quantitative estimate of drug-likeness (QED) is 0.269. The van der Waals surface area contributed by atoms with Crippen molar-refractivity contribution < 1.29 is 32.4 Å². The van der Waals surface area contributed by atoms with Crippen molar-refractivity contribution in [3.63, 3.8) is 0 Å². The topological polar surface area (TPSA) is 104 Å². The summed E-state index contributed by atoms with van der Waals surface area (Å²) in [5, 5.41) is 19.5. The first-order valence-electron chi connectivity index (χ1n) is 6.77. The minimum Gasteiger partial charge on any atom is -0.386 e. The molecule has 0 bridgehead atoms. The van der Waals surface area contributed by atoms with Gasteiger partial charge in [0.05, 0.1) is 20.7 Å². The Balaban J connectivity index is 4.09. The Kier molecular flexibility index (Phi) is 8.80. The highest BCUT2D eigenvalue weighted by molar-refractivity contribution is 7.85. The normalized spacial score (nSPS) is 16.1. The van der Waals surface area contributed by atoms with Crippen molar-refractivity contribution in [1.82, 2.24) is 0 Å². The lowest BCUT2D eigenvalue weighted by atomic mass is 10.2. The lowest BCUT2D eigenvalue weighted by Crippen LogP contribution is -2.51. The molecule has 0 rings (SSSR count). The lowest BCUT2D eigenvalue weighted by molar-refractivity contribution is -0.896. The second-order valence-corrected chi connectivity index (χ2v) is 7.28. The zero-order chi connectivity index (χ0) is 15.8. The summed E-state index contributed by atoms with van der Waals surface area (Å²) in [5.74, 6) is -0.697. The van der Waals surface area contributed by atoms with Gasteiger partial charge >= 0.3 is 0 Å². The van der Waals surface area contributed by atoms with Crippen LogP contribution in [0.3, 0.4) is 0 Å². The summed E-state index contributed by atoms with van der Waals surface area (Å²) in [7, 11) is -0.659. The molecule has 20 heavy (non-hydrogen) atoms. The number of likely N-dealkylation sites (N-methyl/N-ethyl adjacent to an activating group) is 1. The fraction of sp³-hybridized carbons (Fsp3) is 1.00. The van der Waals surface area contributed by atoms with Crippen LogP contribution in [0.25, 0.3) is 0 Å². The number of hydrogen-bond acceptors (Lipinski definition) is 5. The van der Waals surface area contributed by atoms with E-state index in [-0.39, 0.29) is 17.6 Å². The zero-order valence-corrected chi connectivity index (χ0v) is 13.3. The first kappa shape index (κ1) is 19.8. The molecule has 0 aromatic rings. The van der Waals surface area contributed by atoms with Gasteiger partial charge in [0.25, 0.3) is 10.1 Å². The van der Waals surface area contributed by atoms with E-state index in [0.29, 0.717) is 13.2 Å². The number of nitrogens with zero attached hydrogens (tertiary/aromatic N) is 1. The van der Waals surface area contributed by atoms with Gasteiger partial charge in [-0.25, -0.2) is 0 Å². The van der Waals surface area contributed by atoms with Crippen LogP contribution in [0.2, 0.25) is 0 Å². The van der Waals surface area contributed by atoms with Crippen LogP contribution in [0, 0.1) is 0 Å². The highest BCUT2D eigenvalue weighted by Gasteiger charge is 2.26. The molecule has 7 nitrogen and oxygen atoms in total. The molecule has 8 heteroatoms. The van der Waals surface area contributed by atoms with Crippen molar-refractivity contribution in [2.75, 3.05) is 46.2 Å². The van der Waals surface area contributed by atoms with E-state index >= 15 is 0 Å². The molecule has 0 saturated carbocycles. The molecule has 0 aromatic carbocycles. The van der Waals surface area contributed by atoms with Crippen molar-refractivity contribution in [3.05, 3.63) is 0 Å². The number of aliphatic hydroxyl groups excluding tert-OH is 2. The minimum atomic E-state index is -4.19. The Labute approximate surface area is 121 Å². The van der Waals surface area contributed by atoms with E-state index in [4.69, 9.17) is 9.29 Å². The minimum absolute atomic E-state index is 0.117. The van der Waals surface area contributed by atoms with Crippen molar-refractivity contribution >= 4 is 10.1 Å². The summed E-state index contributed by atoms with van der Waals surface area (Å²) in [6, 6.07) is 0. The van der Waals surface area contributed by atoms with Crippen molar-refractivity contribution in [2.24, 2.45) is 0 Å². The number of unbranched alkanes of at least 4 members (excludes halogenated alkanes) is 1. The Bertz CT molecular complexity index is 357. The number of rotatable bonds is 11. The van der Waals surface area contributed by atoms with Crippen LogP contribution in [0.1, 0.15) is 19.8 Å². The van der Waals surface area contributed by atoms with Crippen molar-refractivity contribution in [3.8, 4) is 0 Å². The lowest BCUT2D eigenvalue weighted by Gasteiger charge is -2.33. The smallest absolute Gasteiger partial charge is 0.267 e. The third-order valence-corrected chi connectivity index (χ3v) is 3.57. The van der Waals surface area contributed by atoms with E-state index in [1.54, 1.807) is 14.1 Å². The van der Waals surface area contributed by atoms with Gasteiger partial charge in [0, 0.05) is 6.61 Å². The van der Waals surface area contributed by atoms with Gasteiger partial charge in [-0.05, 0) is 6.42 Å². The van der Waals surface area contributed by atoms with E-state index in [2.05, 4.69) is 6.92 Å². The molecule has 0 spiro atoms.